The van der Waals surface area contributed by atoms with Gasteiger partial charge in [-0.05, 0) is 20.0 Å². The van der Waals surface area contributed by atoms with Crippen molar-refractivity contribution in [3.8, 4) is 5.75 Å². The molecule has 12 nitrogen and oxygen atoms in total. The first-order chi connectivity index (χ1) is 17.0. The molecule has 0 spiro atoms. The first kappa shape index (κ1) is 30.6. The maximum atomic E-state index is 12.2. The van der Waals surface area contributed by atoms with Crippen molar-refractivity contribution < 1.29 is 47.7 Å². The standard InChI is InChI=1S/C23H34N2O8.CO2/c1-14-15(2)30-22(21(32-17(4)27)20(14)31-16(3)26)33-19-10-8-7-9-18(19)13-29-23(28)25(6)12-11-24-5;2-1-3/h7-10,14-15,20-22,24H,11-13H2,1-6H3;/t14-,15-,20+,21-,22+;/m1./s1. The number of amides is 1. The predicted molar refractivity (Wildman–Crippen MR) is 123 cm³/mol. The van der Waals surface area contributed by atoms with Gasteiger partial charge in [-0.1, -0.05) is 25.1 Å². The fourth-order valence-corrected chi connectivity index (χ4v) is 3.39. The molecule has 1 heterocycles. The van der Waals surface area contributed by atoms with Crippen molar-refractivity contribution in [2.75, 3.05) is 27.2 Å². The third kappa shape index (κ3) is 9.65. The van der Waals surface area contributed by atoms with Gasteiger partial charge < -0.3 is 33.9 Å². The minimum Gasteiger partial charge on any atom is -0.460 e. The number of esters is 2. The second kappa shape index (κ2) is 15.5. The number of ether oxygens (including phenoxy) is 5. The van der Waals surface area contributed by atoms with Gasteiger partial charge in [0.2, 0.25) is 12.4 Å². The van der Waals surface area contributed by atoms with Gasteiger partial charge in [0, 0.05) is 45.5 Å². The molecule has 1 aromatic carbocycles. The van der Waals surface area contributed by atoms with Gasteiger partial charge in [-0.15, -0.1) is 0 Å². The van der Waals surface area contributed by atoms with Crippen LogP contribution in [-0.4, -0.2) is 80.9 Å². The van der Waals surface area contributed by atoms with Crippen LogP contribution in [0.15, 0.2) is 24.3 Å². The van der Waals surface area contributed by atoms with Gasteiger partial charge in [0.05, 0.1) is 6.10 Å². The molecule has 36 heavy (non-hydrogen) atoms. The second-order valence-corrected chi connectivity index (χ2v) is 8.11. The van der Waals surface area contributed by atoms with E-state index < -0.39 is 36.5 Å². The van der Waals surface area contributed by atoms with Crippen LogP contribution in [0.1, 0.15) is 33.3 Å². The molecule has 1 aromatic rings. The summed E-state index contributed by atoms with van der Waals surface area (Å²) in [6.07, 6.45) is -3.30. The summed E-state index contributed by atoms with van der Waals surface area (Å²) in [6, 6.07) is 7.01. The van der Waals surface area contributed by atoms with Crippen LogP contribution in [0.4, 0.5) is 4.79 Å². The van der Waals surface area contributed by atoms with Crippen molar-refractivity contribution in [2.45, 2.75) is 58.9 Å². The summed E-state index contributed by atoms with van der Waals surface area (Å²) >= 11 is 0. The molecule has 1 saturated heterocycles. The lowest BCUT2D eigenvalue weighted by atomic mass is 9.91. The average Bonchev–Trinajstić information content (AvgIpc) is 2.82. The Hall–Kier alpha value is -3.47. The van der Waals surface area contributed by atoms with Crippen LogP contribution in [0.25, 0.3) is 0 Å². The Labute approximate surface area is 210 Å². The van der Waals surface area contributed by atoms with E-state index >= 15 is 0 Å². The highest BCUT2D eigenvalue weighted by molar-refractivity contribution is 5.68. The van der Waals surface area contributed by atoms with Crippen LogP contribution >= 0.6 is 0 Å². The van der Waals surface area contributed by atoms with Crippen molar-refractivity contribution in [3.63, 3.8) is 0 Å². The molecule has 0 bridgehead atoms. The van der Waals surface area contributed by atoms with Gasteiger partial charge >= 0.3 is 24.2 Å². The Morgan fingerprint density at radius 3 is 2.22 bits per heavy atom. The molecule has 200 valence electrons. The summed E-state index contributed by atoms with van der Waals surface area (Å²) in [5.74, 6) is -0.884. The number of nitrogens with zero attached hydrogens (tertiary/aromatic N) is 1. The van der Waals surface area contributed by atoms with Crippen molar-refractivity contribution in [1.29, 1.82) is 0 Å². The molecule has 1 aliphatic heterocycles. The summed E-state index contributed by atoms with van der Waals surface area (Å²) in [4.78, 5) is 53.4. The Kier molecular flexibility index (Phi) is 13.2. The van der Waals surface area contributed by atoms with Crippen molar-refractivity contribution in [1.82, 2.24) is 10.2 Å². The minimum absolute atomic E-state index is 0.0246. The molecule has 2 rings (SSSR count). The van der Waals surface area contributed by atoms with Gasteiger partial charge in [-0.2, -0.15) is 9.59 Å². The van der Waals surface area contributed by atoms with Gasteiger partial charge in [-0.3, -0.25) is 9.59 Å². The van der Waals surface area contributed by atoms with Gasteiger partial charge in [0.15, 0.2) is 0 Å². The lowest BCUT2D eigenvalue weighted by Gasteiger charge is -2.43. The van der Waals surface area contributed by atoms with Gasteiger partial charge in [0.25, 0.3) is 0 Å². The monoisotopic (exact) mass is 510 g/mol. The summed E-state index contributed by atoms with van der Waals surface area (Å²) in [7, 11) is 3.45. The van der Waals surface area contributed by atoms with E-state index in [0.29, 0.717) is 24.4 Å². The normalized spacial score (nSPS) is 22.7. The molecule has 0 aliphatic carbocycles. The summed E-state index contributed by atoms with van der Waals surface area (Å²) < 4.78 is 28.4. The van der Waals surface area contributed by atoms with Crippen LogP contribution in [-0.2, 0) is 44.7 Å². The highest BCUT2D eigenvalue weighted by Gasteiger charge is 2.48. The van der Waals surface area contributed by atoms with Crippen LogP contribution in [0.3, 0.4) is 0 Å². The number of carbonyl (C=O) groups excluding carboxylic acids is 5. The Morgan fingerprint density at radius 1 is 1.06 bits per heavy atom. The van der Waals surface area contributed by atoms with Crippen LogP contribution < -0.4 is 10.1 Å². The number of hydrogen-bond acceptors (Lipinski definition) is 11. The summed E-state index contributed by atoms with van der Waals surface area (Å²) in [6.45, 7) is 7.36. The van der Waals surface area contributed by atoms with E-state index in [-0.39, 0.29) is 24.8 Å². The Bertz CT molecular complexity index is 903. The first-order valence-electron chi connectivity index (χ1n) is 11.3. The molecule has 1 fully saturated rings. The number of para-hydroxylation sites is 1. The molecule has 5 atom stereocenters. The van der Waals surface area contributed by atoms with Crippen molar-refractivity contribution in [2.24, 2.45) is 5.92 Å². The fourth-order valence-electron chi connectivity index (χ4n) is 3.39. The van der Waals surface area contributed by atoms with E-state index in [0.717, 1.165) is 0 Å². The van der Waals surface area contributed by atoms with Crippen molar-refractivity contribution in [3.05, 3.63) is 29.8 Å². The number of rotatable bonds is 9. The van der Waals surface area contributed by atoms with E-state index in [2.05, 4.69) is 5.32 Å². The number of benzene rings is 1. The predicted octanol–water partition coefficient (Wildman–Crippen LogP) is 1.51. The average molecular weight is 511 g/mol. The lowest BCUT2D eigenvalue weighted by Crippen LogP contribution is -2.57. The van der Waals surface area contributed by atoms with E-state index in [1.165, 1.54) is 18.7 Å². The Balaban J connectivity index is 0.00000205. The van der Waals surface area contributed by atoms with E-state index in [4.69, 9.17) is 33.3 Å². The minimum atomic E-state index is -1.03. The molecule has 0 radical (unpaired) electrons. The molecule has 1 N–H and O–H groups in total. The smallest absolute Gasteiger partial charge is 0.409 e. The van der Waals surface area contributed by atoms with E-state index in [1.807, 2.05) is 13.8 Å². The fraction of sp³-hybridized carbons (Fsp3) is 0.583. The second-order valence-electron chi connectivity index (χ2n) is 8.11. The summed E-state index contributed by atoms with van der Waals surface area (Å²) in [5.41, 5.74) is 0.605. The third-order valence-corrected chi connectivity index (χ3v) is 5.38. The SMILES string of the molecule is CNCCN(C)C(=O)OCc1ccccc1O[C@@H]1O[C@H](C)[C@@H](C)[C@H](OC(C)=O)[C@H]1OC(C)=O.O=C=O. The highest BCUT2D eigenvalue weighted by Crippen LogP contribution is 2.33. The molecule has 12 heteroatoms. The molecular weight excluding hydrogens is 476 g/mol. The summed E-state index contributed by atoms with van der Waals surface area (Å²) in [5, 5.41) is 2.97. The maximum Gasteiger partial charge on any atom is 0.409 e. The topological polar surface area (TPSA) is 147 Å². The first-order valence-corrected chi connectivity index (χ1v) is 11.3. The number of likely N-dealkylation sites (N-methyl/N-ethyl adjacent to an activating group) is 2. The molecular formula is C24H34N2O10. The van der Waals surface area contributed by atoms with Crippen LogP contribution in [0.5, 0.6) is 5.75 Å². The zero-order valence-electron chi connectivity index (χ0n) is 21.3. The largest absolute Gasteiger partial charge is 0.460 e. The van der Waals surface area contributed by atoms with Crippen LogP contribution in [0, 0.1) is 5.92 Å². The molecule has 1 aliphatic rings. The molecule has 0 unspecified atom stereocenters. The maximum absolute atomic E-state index is 12.2. The quantitative estimate of drug-likeness (QED) is 0.381. The number of hydrogen-bond donors (Lipinski definition) is 1. The highest BCUT2D eigenvalue weighted by atomic mass is 16.7. The zero-order valence-corrected chi connectivity index (χ0v) is 21.3. The lowest BCUT2D eigenvalue weighted by molar-refractivity contribution is -0.263. The zero-order chi connectivity index (χ0) is 27.3. The molecule has 0 aromatic heterocycles. The Morgan fingerprint density at radius 2 is 1.64 bits per heavy atom. The van der Waals surface area contributed by atoms with Crippen molar-refractivity contribution >= 4 is 24.2 Å². The molecule has 1 amide bonds. The van der Waals surface area contributed by atoms with Crippen LogP contribution in [0.2, 0.25) is 0 Å². The van der Waals surface area contributed by atoms with Gasteiger partial charge in [0.1, 0.15) is 18.5 Å². The number of carbonyl (C=O) groups is 3. The van der Waals surface area contributed by atoms with Gasteiger partial charge in [-0.25, -0.2) is 4.79 Å². The third-order valence-electron chi connectivity index (χ3n) is 5.38. The number of nitrogens with one attached hydrogen (secondary N) is 1. The van der Waals surface area contributed by atoms with E-state index in [1.54, 1.807) is 38.4 Å². The van der Waals surface area contributed by atoms with E-state index in [9.17, 15) is 14.4 Å². The molecule has 0 saturated carbocycles.